The summed E-state index contributed by atoms with van der Waals surface area (Å²) in [6.45, 7) is -0.619. The minimum absolute atomic E-state index is 0.214. The van der Waals surface area contributed by atoms with Gasteiger partial charge in [-0.2, -0.15) is 5.26 Å². The molecule has 15 heavy (non-hydrogen) atoms. The first-order valence-corrected chi connectivity index (χ1v) is 4.43. The van der Waals surface area contributed by atoms with E-state index in [2.05, 4.69) is 0 Å². The van der Waals surface area contributed by atoms with E-state index in [1.54, 1.807) is 12.1 Å². The largest absolute Gasteiger partial charge is 0.496 e. The zero-order valence-corrected chi connectivity index (χ0v) is 8.71. The van der Waals surface area contributed by atoms with Crippen molar-refractivity contribution in [2.45, 2.75) is 13.1 Å². The van der Waals surface area contributed by atoms with Crippen molar-refractivity contribution in [3.05, 3.63) is 23.3 Å². The van der Waals surface area contributed by atoms with Crippen LogP contribution in [0.5, 0.6) is 11.5 Å². The fourth-order valence-corrected chi connectivity index (χ4v) is 1.35. The van der Waals surface area contributed by atoms with Crippen LogP contribution >= 0.6 is 0 Å². The number of alkyl halides is 1. The van der Waals surface area contributed by atoms with Gasteiger partial charge in [0, 0.05) is 11.1 Å². The lowest BCUT2D eigenvalue weighted by atomic mass is 10.1. The number of hydrogen-bond donors (Lipinski definition) is 0. The second kappa shape index (κ2) is 5.20. The molecule has 3 nitrogen and oxygen atoms in total. The quantitative estimate of drug-likeness (QED) is 0.763. The molecule has 0 aliphatic heterocycles. The molecule has 1 rings (SSSR count). The van der Waals surface area contributed by atoms with Gasteiger partial charge in [-0.05, 0) is 12.1 Å². The van der Waals surface area contributed by atoms with Crippen molar-refractivity contribution in [1.82, 2.24) is 0 Å². The Kier molecular flexibility index (Phi) is 3.92. The van der Waals surface area contributed by atoms with Crippen LogP contribution in [0.15, 0.2) is 12.1 Å². The van der Waals surface area contributed by atoms with Crippen molar-refractivity contribution in [3.63, 3.8) is 0 Å². The molecule has 0 amide bonds. The summed E-state index contributed by atoms with van der Waals surface area (Å²) < 4.78 is 22.7. The molecule has 0 heterocycles. The predicted octanol–water partition coefficient (Wildman–Crippen LogP) is 2.24. The van der Waals surface area contributed by atoms with Gasteiger partial charge in [-0.25, -0.2) is 4.39 Å². The van der Waals surface area contributed by atoms with Crippen molar-refractivity contribution in [2.24, 2.45) is 0 Å². The van der Waals surface area contributed by atoms with Crippen LogP contribution in [0.2, 0.25) is 0 Å². The SMILES string of the molecule is COc1cc(CC#N)c(OC)cc1CF. The fraction of sp³-hybridized carbons (Fsp3) is 0.364. The van der Waals surface area contributed by atoms with Gasteiger partial charge < -0.3 is 9.47 Å². The zero-order chi connectivity index (χ0) is 11.3. The third kappa shape index (κ3) is 2.38. The van der Waals surface area contributed by atoms with Crippen molar-refractivity contribution in [1.29, 1.82) is 5.26 Å². The Morgan fingerprint density at radius 3 is 2.20 bits per heavy atom. The van der Waals surface area contributed by atoms with Gasteiger partial charge in [0.1, 0.15) is 18.2 Å². The maximum Gasteiger partial charge on any atom is 0.125 e. The summed E-state index contributed by atoms with van der Waals surface area (Å²) in [5, 5.41) is 8.61. The number of rotatable bonds is 4. The van der Waals surface area contributed by atoms with Crippen LogP contribution in [0.25, 0.3) is 0 Å². The molecular formula is C11H12FNO2. The number of nitriles is 1. The summed E-state index contributed by atoms with van der Waals surface area (Å²) in [7, 11) is 2.96. The third-order valence-corrected chi connectivity index (χ3v) is 2.10. The number of methoxy groups -OCH3 is 2. The number of ether oxygens (including phenoxy) is 2. The smallest absolute Gasteiger partial charge is 0.125 e. The molecule has 0 aliphatic carbocycles. The van der Waals surface area contributed by atoms with Crippen LogP contribution in [0, 0.1) is 11.3 Å². The van der Waals surface area contributed by atoms with Gasteiger partial charge in [-0.1, -0.05) is 0 Å². The molecule has 1 aromatic carbocycles. The molecule has 0 saturated carbocycles. The van der Waals surface area contributed by atoms with Crippen molar-refractivity contribution in [2.75, 3.05) is 14.2 Å². The molecular weight excluding hydrogens is 197 g/mol. The molecule has 0 aromatic heterocycles. The number of nitrogens with zero attached hydrogens (tertiary/aromatic N) is 1. The van der Waals surface area contributed by atoms with Crippen molar-refractivity contribution < 1.29 is 13.9 Å². The normalized spacial score (nSPS) is 9.47. The van der Waals surface area contributed by atoms with Crippen LogP contribution in [0.4, 0.5) is 4.39 Å². The summed E-state index contributed by atoms with van der Waals surface area (Å²) >= 11 is 0. The van der Waals surface area contributed by atoms with Crippen LogP contribution in [0.1, 0.15) is 11.1 Å². The molecule has 1 aromatic rings. The number of hydrogen-bond acceptors (Lipinski definition) is 3. The minimum atomic E-state index is -0.619. The second-order valence-corrected chi connectivity index (χ2v) is 2.94. The minimum Gasteiger partial charge on any atom is -0.496 e. The maximum atomic E-state index is 12.6. The average molecular weight is 209 g/mol. The van der Waals surface area contributed by atoms with Gasteiger partial charge in [0.25, 0.3) is 0 Å². The zero-order valence-electron chi connectivity index (χ0n) is 8.71. The van der Waals surface area contributed by atoms with E-state index in [1.165, 1.54) is 14.2 Å². The average Bonchev–Trinajstić information content (AvgIpc) is 2.28. The Morgan fingerprint density at radius 1 is 1.20 bits per heavy atom. The molecule has 0 saturated heterocycles. The Labute approximate surface area is 88.0 Å². The summed E-state index contributed by atoms with van der Waals surface area (Å²) in [5.74, 6) is 0.966. The molecule has 80 valence electrons. The van der Waals surface area contributed by atoms with E-state index in [9.17, 15) is 4.39 Å². The molecule has 0 spiro atoms. The van der Waals surface area contributed by atoms with E-state index in [1.807, 2.05) is 6.07 Å². The van der Waals surface area contributed by atoms with Crippen LogP contribution < -0.4 is 9.47 Å². The predicted molar refractivity (Wildman–Crippen MR) is 53.7 cm³/mol. The fourth-order valence-electron chi connectivity index (χ4n) is 1.35. The molecule has 0 bridgehead atoms. The van der Waals surface area contributed by atoms with E-state index < -0.39 is 6.67 Å². The molecule has 0 aliphatic rings. The van der Waals surface area contributed by atoms with Gasteiger partial charge in [-0.3, -0.25) is 0 Å². The summed E-state index contributed by atoms with van der Waals surface area (Å²) in [5.41, 5.74) is 1.13. The highest BCUT2D eigenvalue weighted by Gasteiger charge is 2.10. The van der Waals surface area contributed by atoms with Gasteiger partial charge in [0.15, 0.2) is 0 Å². The molecule has 0 atom stereocenters. The first kappa shape index (κ1) is 11.3. The summed E-state index contributed by atoms with van der Waals surface area (Å²) in [6.07, 6.45) is 0.214. The maximum absolute atomic E-state index is 12.6. The van der Waals surface area contributed by atoms with E-state index in [4.69, 9.17) is 14.7 Å². The van der Waals surface area contributed by atoms with Gasteiger partial charge >= 0.3 is 0 Å². The lowest BCUT2D eigenvalue weighted by Crippen LogP contribution is -1.97. The lowest BCUT2D eigenvalue weighted by Gasteiger charge is -2.11. The number of benzene rings is 1. The molecule has 0 N–H and O–H groups in total. The first-order chi connectivity index (χ1) is 7.26. The van der Waals surface area contributed by atoms with Gasteiger partial charge in [0.05, 0.1) is 26.7 Å². The van der Waals surface area contributed by atoms with E-state index in [-0.39, 0.29) is 6.42 Å². The topological polar surface area (TPSA) is 42.2 Å². The highest BCUT2D eigenvalue weighted by molar-refractivity contribution is 5.47. The summed E-state index contributed by atoms with van der Waals surface area (Å²) in [6, 6.07) is 5.22. The highest BCUT2D eigenvalue weighted by atomic mass is 19.1. The second-order valence-electron chi connectivity index (χ2n) is 2.94. The van der Waals surface area contributed by atoms with Crippen LogP contribution in [-0.4, -0.2) is 14.2 Å². The first-order valence-electron chi connectivity index (χ1n) is 4.43. The Bertz CT molecular complexity index is 385. The Morgan fingerprint density at radius 2 is 1.73 bits per heavy atom. The molecule has 0 unspecified atom stereocenters. The van der Waals surface area contributed by atoms with Crippen molar-refractivity contribution in [3.8, 4) is 17.6 Å². The van der Waals surface area contributed by atoms with E-state index >= 15 is 0 Å². The molecule has 4 heteroatoms. The molecule has 0 radical (unpaired) electrons. The lowest BCUT2D eigenvalue weighted by molar-refractivity contribution is 0.383. The standard InChI is InChI=1S/C11H12FNO2/c1-14-10-6-9(7-12)11(15-2)5-8(10)3-4-13/h5-6H,3,7H2,1-2H3. The van der Waals surface area contributed by atoms with Crippen LogP contribution in [0.3, 0.4) is 0 Å². The van der Waals surface area contributed by atoms with Crippen LogP contribution in [-0.2, 0) is 13.1 Å². The molecule has 0 fully saturated rings. The monoisotopic (exact) mass is 209 g/mol. The van der Waals surface area contributed by atoms with Crippen molar-refractivity contribution >= 4 is 0 Å². The highest BCUT2D eigenvalue weighted by Crippen LogP contribution is 2.29. The van der Waals surface area contributed by atoms with E-state index in [0.29, 0.717) is 22.6 Å². The number of halogens is 1. The summed E-state index contributed by atoms with van der Waals surface area (Å²) in [4.78, 5) is 0. The Balaban J connectivity index is 3.22. The van der Waals surface area contributed by atoms with Gasteiger partial charge in [-0.15, -0.1) is 0 Å². The Hall–Kier alpha value is -1.76. The third-order valence-electron chi connectivity index (χ3n) is 2.10. The van der Waals surface area contributed by atoms with E-state index in [0.717, 1.165) is 0 Å². The van der Waals surface area contributed by atoms with Gasteiger partial charge in [0.2, 0.25) is 0 Å².